The summed E-state index contributed by atoms with van der Waals surface area (Å²) < 4.78 is 29.7. The predicted octanol–water partition coefficient (Wildman–Crippen LogP) is 0.684. The van der Waals surface area contributed by atoms with Crippen molar-refractivity contribution < 1.29 is 17.5 Å². The molecule has 1 heterocycles. The lowest BCUT2D eigenvalue weighted by molar-refractivity contribution is -0.753. The molecule has 1 unspecified atom stereocenters. The van der Waals surface area contributed by atoms with Gasteiger partial charge in [0, 0.05) is 0 Å². The summed E-state index contributed by atoms with van der Waals surface area (Å²) in [7, 11) is -1.92. The Bertz CT molecular complexity index is 346. The van der Waals surface area contributed by atoms with Gasteiger partial charge in [-0.05, 0) is 6.92 Å². The van der Waals surface area contributed by atoms with E-state index in [1.807, 2.05) is 12.5 Å². The highest BCUT2D eigenvalue weighted by molar-refractivity contribution is 7.85. The van der Waals surface area contributed by atoms with E-state index in [2.05, 4.69) is 31.7 Å². The fourth-order valence-electron chi connectivity index (χ4n) is 0.751. The monoisotopic (exact) mass is 232 g/mol. The van der Waals surface area contributed by atoms with Crippen LogP contribution in [0.5, 0.6) is 0 Å². The lowest BCUT2D eigenvalue weighted by atomic mass is 10.5. The minimum atomic E-state index is -4.04. The Morgan fingerprint density at radius 3 is 2.33 bits per heavy atom. The maximum atomic E-state index is 9.60. The van der Waals surface area contributed by atoms with Crippen molar-refractivity contribution in [1.29, 1.82) is 0 Å². The highest BCUT2D eigenvalue weighted by Crippen LogP contribution is 2.04. The SMILES string of the molecule is C=CCS(=O)(=O)[O-].CC[N+]1(C)C=CN=C1. The molecule has 0 bridgehead atoms. The van der Waals surface area contributed by atoms with Gasteiger partial charge >= 0.3 is 0 Å². The summed E-state index contributed by atoms with van der Waals surface area (Å²) in [4.78, 5) is 3.97. The molecule has 1 rings (SSSR count). The third-order valence-corrected chi connectivity index (χ3v) is 2.47. The van der Waals surface area contributed by atoms with Crippen LogP contribution in [-0.2, 0) is 10.1 Å². The molecule has 0 saturated carbocycles. The largest absolute Gasteiger partial charge is 0.748 e. The van der Waals surface area contributed by atoms with Crippen molar-refractivity contribution >= 4 is 16.5 Å². The molecule has 0 N–H and O–H groups in total. The van der Waals surface area contributed by atoms with Crippen molar-refractivity contribution in [1.82, 2.24) is 0 Å². The molecule has 0 aromatic carbocycles. The van der Waals surface area contributed by atoms with E-state index in [1.54, 1.807) is 0 Å². The molecule has 6 heteroatoms. The fourth-order valence-corrected chi connectivity index (χ4v) is 1.04. The van der Waals surface area contributed by atoms with Gasteiger partial charge in [0.15, 0.2) is 6.34 Å². The Hall–Kier alpha value is -0.980. The number of hydrogen-bond acceptors (Lipinski definition) is 4. The first-order valence-electron chi connectivity index (χ1n) is 4.44. The Kier molecular flexibility index (Phi) is 5.41. The lowest BCUT2D eigenvalue weighted by Gasteiger charge is -2.18. The van der Waals surface area contributed by atoms with Gasteiger partial charge in [-0.2, -0.15) is 0 Å². The van der Waals surface area contributed by atoms with Gasteiger partial charge in [0.05, 0.1) is 35.7 Å². The van der Waals surface area contributed by atoms with Crippen LogP contribution in [0.25, 0.3) is 0 Å². The Labute approximate surface area is 90.8 Å². The standard InChI is InChI=1S/C6H11N2.C3H6O3S/c1-3-8(2)5-4-7-6-8;1-2-3-7(4,5)6/h4-6H,3H2,1-2H3;2H,1,3H2,(H,4,5,6)/q+1;/p-1. The van der Waals surface area contributed by atoms with Crippen LogP contribution >= 0.6 is 0 Å². The van der Waals surface area contributed by atoms with E-state index in [0.717, 1.165) is 17.1 Å². The summed E-state index contributed by atoms with van der Waals surface area (Å²) >= 11 is 0. The summed E-state index contributed by atoms with van der Waals surface area (Å²) in [5, 5.41) is 0. The van der Waals surface area contributed by atoms with Gasteiger partial charge in [-0.15, -0.1) is 6.58 Å². The van der Waals surface area contributed by atoms with Crippen molar-refractivity contribution in [3.63, 3.8) is 0 Å². The van der Waals surface area contributed by atoms with Crippen LogP contribution in [0.4, 0.5) is 0 Å². The average molecular weight is 232 g/mol. The van der Waals surface area contributed by atoms with E-state index in [1.165, 1.54) is 0 Å². The second-order valence-corrected chi connectivity index (χ2v) is 4.69. The van der Waals surface area contributed by atoms with Gasteiger partial charge < -0.3 is 4.55 Å². The molecule has 15 heavy (non-hydrogen) atoms. The number of nitrogens with zero attached hydrogens (tertiary/aromatic N) is 2. The Morgan fingerprint density at radius 2 is 2.20 bits per heavy atom. The molecule has 1 aliphatic rings. The highest BCUT2D eigenvalue weighted by Gasteiger charge is 2.14. The van der Waals surface area contributed by atoms with Gasteiger partial charge in [0.25, 0.3) is 0 Å². The molecule has 86 valence electrons. The minimum absolute atomic E-state index is 0.479. The molecule has 0 aliphatic carbocycles. The van der Waals surface area contributed by atoms with E-state index in [0.29, 0.717) is 0 Å². The first kappa shape index (κ1) is 14.0. The number of quaternary nitrogens is 1. The van der Waals surface area contributed by atoms with Crippen molar-refractivity contribution in [3.05, 3.63) is 25.1 Å². The van der Waals surface area contributed by atoms with Crippen LogP contribution in [0.1, 0.15) is 6.92 Å². The zero-order valence-corrected chi connectivity index (χ0v) is 9.77. The molecule has 0 aromatic rings. The number of hydrogen-bond donors (Lipinski definition) is 0. The molecule has 1 atom stereocenters. The van der Waals surface area contributed by atoms with Crippen LogP contribution in [-0.4, -0.2) is 43.1 Å². The summed E-state index contributed by atoms with van der Waals surface area (Å²) in [6.45, 7) is 6.29. The maximum Gasteiger partial charge on any atom is 0.194 e. The topological polar surface area (TPSA) is 69.6 Å². The molecule has 0 fully saturated rings. The van der Waals surface area contributed by atoms with Crippen molar-refractivity contribution in [2.75, 3.05) is 19.3 Å². The van der Waals surface area contributed by atoms with Crippen LogP contribution in [0.15, 0.2) is 30.0 Å². The van der Waals surface area contributed by atoms with Crippen LogP contribution in [0, 0.1) is 0 Å². The van der Waals surface area contributed by atoms with Crippen LogP contribution in [0.3, 0.4) is 0 Å². The minimum Gasteiger partial charge on any atom is -0.748 e. The zero-order chi connectivity index (χ0) is 11.9. The predicted molar refractivity (Wildman–Crippen MR) is 59.1 cm³/mol. The molecular formula is C9H16N2O3S. The summed E-state index contributed by atoms with van der Waals surface area (Å²) in [6, 6.07) is 0. The Balaban J connectivity index is 0.000000265. The fraction of sp³-hybridized carbons (Fsp3) is 0.444. The van der Waals surface area contributed by atoms with Gasteiger partial charge in [-0.25, -0.2) is 13.4 Å². The van der Waals surface area contributed by atoms with Gasteiger partial charge in [0.1, 0.15) is 6.20 Å². The first-order valence-corrected chi connectivity index (χ1v) is 6.02. The smallest absolute Gasteiger partial charge is 0.194 e. The summed E-state index contributed by atoms with van der Waals surface area (Å²) in [5.41, 5.74) is 0. The van der Waals surface area contributed by atoms with Crippen molar-refractivity contribution in [2.45, 2.75) is 6.92 Å². The first-order chi connectivity index (χ1) is 6.83. The second kappa shape index (κ2) is 5.79. The highest BCUT2D eigenvalue weighted by atomic mass is 32.2. The molecule has 0 aromatic heterocycles. The van der Waals surface area contributed by atoms with Gasteiger partial charge in [-0.1, -0.05) is 6.08 Å². The molecule has 0 radical (unpaired) electrons. The molecule has 1 aliphatic heterocycles. The average Bonchev–Trinajstić information content (AvgIpc) is 2.52. The maximum absolute atomic E-state index is 9.60. The summed E-state index contributed by atoms with van der Waals surface area (Å²) in [5.74, 6) is -0.479. The Morgan fingerprint density at radius 1 is 1.60 bits per heavy atom. The van der Waals surface area contributed by atoms with Crippen molar-refractivity contribution in [2.24, 2.45) is 4.99 Å². The van der Waals surface area contributed by atoms with Gasteiger partial charge in [-0.3, -0.25) is 4.48 Å². The quantitative estimate of drug-likeness (QED) is 0.408. The normalized spacial score (nSPS) is 23.4. The molecular weight excluding hydrogens is 216 g/mol. The summed E-state index contributed by atoms with van der Waals surface area (Å²) in [6.07, 6.45) is 6.89. The van der Waals surface area contributed by atoms with Crippen LogP contribution < -0.4 is 0 Å². The van der Waals surface area contributed by atoms with Crippen molar-refractivity contribution in [3.8, 4) is 0 Å². The molecule has 0 saturated heterocycles. The van der Waals surface area contributed by atoms with E-state index >= 15 is 0 Å². The number of rotatable bonds is 3. The lowest BCUT2D eigenvalue weighted by Crippen LogP contribution is -2.33. The third kappa shape index (κ3) is 7.01. The molecule has 0 spiro atoms. The van der Waals surface area contributed by atoms with Gasteiger partial charge in [0.2, 0.25) is 0 Å². The van der Waals surface area contributed by atoms with Crippen LogP contribution in [0.2, 0.25) is 0 Å². The second-order valence-electron chi connectivity index (χ2n) is 3.24. The van der Waals surface area contributed by atoms with E-state index in [4.69, 9.17) is 0 Å². The molecule has 0 amide bonds. The zero-order valence-electron chi connectivity index (χ0n) is 8.96. The third-order valence-electron chi connectivity index (χ3n) is 1.83. The van der Waals surface area contributed by atoms with E-state index in [-0.39, 0.29) is 0 Å². The van der Waals surface area contributed by atoms with E-state index < -0.39 is 15.9 Å². The van der Waals surface area contributed by atoms with E-state index in [9.17, 15) is 13.0 Å². The number of aliphatic imine (C=N–C) groups is 1. The molecule has 5 nitrogen and oxygen atoms in total.